The third kappa shape index (κ3) is 3.61. The number of hydrogen-bond acceptors (Lipinski definition) is 2. The number of carbonyl (C=O) groups is 1. The molecule has 3 nitrogen and oxygen atoms in total. The van der Waals surface area contributed by atoms with Gasteiger partial charge in [-0.15, -0.1) is 12.4 Å². The van der Waals surface area contributed by atoms with E-state index in [9.17, 15) is 4.79 Å². The van der Waals surface area contributed by atoms with Crippen LogP contribution in [0, 0.1) is 3.57 Å². The standard InChI is InChI=1S/C11H15IN2O.ClH/c1-8(7-13)14(2)11(15)9-5-3-4-6-10(9)12;/h3-6,8H,7,13H2,1-2H3;1H. The third-order valence-electron chi connectivity index (χ3n) is 2.43. The molecule has 0 saturated heterocycles. The van der Waals surface area contributed by atoms with Gasteiger partial charge < -0.3 is 10.6 Å². The molecule has 0 aromatic heterocycles. The molecule has 90 valence electrons. The second-order valence-electron chi connectivity index (χ2n) is 3.48. The zero-order valence-corrected chi connectivity index (χ0v) is 12.3. The molecule has 2 N–H and O–H groups in total. The van der Waals surface area contributed by atoms with Crippen molar-refractivity contribution in [3.8, 4) is 0 Å². The van der Waals surface area contributed by atoms with Crippen LogP contribution < -0.4 is 5.73 Å². The normalized spacial score (nSPS) is 11.5. The monoisotopic (exact) mass is 354 g/mol. The molecule has 0 fully saturated rings. The molecule has 0 radical (unpaired) electrons. The lowest BCUT2D eigenvalue weighted by molar-refractivity contribution is 0.0747. The molecular formula is C11H16ClIN2O. The summed E-state index contributed by atoms with van der Waals surface area (Å²) >= 11 is 2.17. The van der Waals surface area contributed by atoms with Gasteiger partial charge in [0, 0.05) is 23.2 Å². The summed E-state index contributed by atoms with van der Waals surface area (Å²) in [4.78, 5) is 13.7. The summed E-state index contributed by atoms with van der Waals surface area (Å²) in [5, 5.41) is 0. The second kappa shape index (κ2) is 7.09. The van der Waals surface area contributed by atoms with E-state index in [0.29, 0.717) is 6.54 Å². The Hall–Kier alpha value is -0.330. The fraction of sp³-hybridized carbons (Fsp3) is 0.364. The zero-order chi connectivity index (χ0) is 11.4. The van der Waals surface area contributed by atoms with Crippen LogP contribution in [-0.4, -0.2) is 30.4 Å². The highest BCUT2D eigenvalue weighted by molar-refractivity contribution is 14.1. The zero-order valence-electron chi connectivity index (χ0n) is 9.31. The van der Waals surface area contributed by atoms with E-state index in [4.69, 9.17) is 5.73 Å². The molecular weight excluding hydrogens is 338 g/mol. The Balaban J connectivity index is 0.00000225. The first-order chi connectivity index (χ1) is 7.07. The van der Waals surface area contributed by atoms with Crippen molar-refractivity contribution in [1.29, 1.82) is 0 Å². The highest BCUT2D eigenvalue weighted by Gasteiger charge is 2.17. The molecule has 1 aromatic carbocycles. The molecule has 1 aromatic rings. The van der Waals surface area contributed by atoms with Crippen molar-refractivity contribution < 1.29 is 4.79 Å². The molecule has 1 amide bonds. The molecule has 1 atom stereocenters. The predicted octanol–water partition coefficient (Wildman–Crippen LogP) is 2.13. The lowest BCUT2D eigenvalue weighted by atomic mass is 10.2. The van der Waals surface area contributed by atoms with Gasteiger partial charge in [-0.3, -0.25) is 4.79 Å². The lowest BCUT2D eigenvalue weighted by Crippen LogP contribution is -2.39. The van der Waals surface area contributed by atoms with Crippen molar-refractivity contribution in [2.75, 3.05) is 13.6 Å². The number of hydrogen-bond donors (Lipinski definition) is 1. The smallest absolute Gasteiger partial charge is 0.254 e. The summed E-state index contributed by atoms with van der Waals surface area (Å²) in [6, 6.07) is 7.62. The number of carbonyl (C=O) groups excluding carboxylic acids is 1. The summed E-state index contributed by atoms with van der Waals surface area (Å²) in [6.45, 7) is 2.42. The number of likely N-dealkylation sites (N-methyl/N-ethyl adjacent to an activating group) is 1. The fourth-order valence-corrected chi connectivity index (χ4v) is 1.80. The number of nitrogens with two attached hydrogens (primary N) is 1. The first-order valence-corrected chi connectivity index (χ1v) is 5.87. The van der Waals surface area contributed by atoms with Gasteiger partial charge in [-0.1, -0.05) is 12.1 Å². The topological polar surface area (TPSA) is 46.3 Å². The SMILES string of the molecule is CC(CN)N(C)C(=O)c1ccccc1I.Cl. The Labute approximate surface area is 116 Å². The quantitative estimate of drug-likeness (QED) is 0.845. The van der Waals surface area contributed by atoms with Crippen molar-refractivity contribution in [2.45, 2.75) is 13.0 Å². The summed E-state index contributed by atoms with van der Waals surface area (Å²) in [7, 11) is 1.78. The van der Waals surface area contributed by atoms with Crippen molar-refractivity contribution in [3.05, 3.63) is 33.4 Å². The van der Waals surface area contributed by atoms with Gasteiger partial charge in [0.15, 0.2) is 0 Å². The van der Waals surface area contributed by atoms with Gasteiger partial charge in [0.2, 0.25) is 0 Å². The Morgan fingerprint density at radius 3 is 2.56 bits per heavy atom. The molecule has 1 unspecified atom stereocenters. The molecule has 0 aliphatic carbocycles. The molecule has 0 aliphatic rings. The van der Waals surface area contributed by atoms with Crippen LogP contribution in [0.2, 0.25) is 0 Å². The summed E-state index contributed by atoms with van der Waals surface area (Å²) in [6.07, 6.45) is 0. The van der Waals surface area contributed by atoms with Crippen LogP contribution in [0.25, 0.3) is 0 Å². The number of nitrogens with zero attached hydrogens (tertiary/aromatic N) is 1. The molecule has 0 spiro atoms. The van der Waals surface area contributed by atoms with Crippen LogP contribution >= 0.6 is 35.0 Å². The minimum Gasteiger partial charge on any atom is -0.338 e. The maximum absolute atomic E-state index is 12.0. The van der Waals surface area contributed by atoms with Gasteiger partial charge in [0.25, 0.3) is 5.91 Å². The van der Waals surface area contributed by atoms with Crippen molar-refractivity contribution >= 4 is 40.9 Å². The molecule has 0 bridgehead atoms. The Bertz CT molecular complexity index is 360. The predicted molar refractivity (Wildman–Crippen MR) is 77.0 cm³/mol. The molecule has 1 rings (SSSR count). The summed E-state index contributed by atoms with van der Waals surface area (Å²) in [5.74, 6) is 0.0259. The minimum absolute atomic E-state index is 0. The van der Waals surface area contributed by atoms with E-state index in [1.165, 1.54) is 0 Å². The van der Waals surface area contributed by atoms with Gasteiger partial charge in [-0.25, -0.2) is 0 Å². The van der Waals surface area contributed by atoms with Crippen LogP contribution in [0.5, 0.6) is 0 Å². The maximum atomic E-state index is 12.0. The molecule has 0 heterocycles. The number of amides is 1. The Morgan fingerprint density at radius 2 is 2.06 bits per heavy atom. The van der Waals surface area contributed by atoms with Gasteiger partial charge in [0.1, 0.15) is 0 Å². The Kier molecular flexibility index (Phi) is 6.94. The maximum Gasteiger partial charge on any atom is 0.254 e. The molecule has 16 heavy (non-hydrogen) atoms. The average molecular weight is 355 g/mol. The lowest BCUT2D eigenvalue weighted by Gasteiger charge is -2.24. The van der Waals surface area contributed by atoms with Crippen molar-refractivity contribution in [1.82, 2.24) is 4.90 Å². The number of rotatable bonds is 3. The van der Waals surface area contributed by atoms with E-state index < -0.39 is 0 Å². The van der Waals surface area contributed by atoms with Gasteiger partial charge in [-0.05, 0) is 41.6 Å². The average Bonchev–Trinajstić information content (AvgIpc) is 2.26. The second-order valence-corrected chi connectivity index (χ2v) is 4.64. The van der Waals surface area contributed by atoms with Crippen LogP contribution in [0.4, 0.5) is 0 Å². The van der Waals surface area contributed by atoms with Crippen LogP contribution in [0.15, 0.2) is 24.3 Å². The first-order valence-electron chi connectivity index (χ1n) is 4.79. The van der Waals surface area contributed by atoms with Gasteiger partial charge in [-0.2, -0.15) is 0 Å². The molecule has 5 heteroatoms. The highest BCUT2D eigenvalue weighted by Crippen LogP contribution is 2.14. The summed E-state index contributed by atoms with van der Waals surface area (Å²) in [5.41, 5.74) is 6.27. The van der Waals surface area contributed by atoms with Crippen LogP contribution in [0.3, 0.4) is 0 Å². The van der Waals surface area contributed by atoms with E-state index >= 15 is 0 Å². The van der Waals surface area contributed by atoms with Crippen LogP contribution in [-0.2, 0) is 0 Å². The highest BCUT2D eigenvalue weighted by atomic mass is 127. The van der Waals surface area contributed by atoms with E-state index in [-0.39, 0.29) is 24.4 Å². The number of benzene rings is 1. The largest absolute Gasteiger partial charge is 0.338 e. The van der Waals surface area contributed by atoms with Crippen molar-refractivity contribution in [2.24, 2.45) is 5.73 Å². The van der Waals surface area contributed by atoms with Gasteiger partial charge in [0.05, 0.1) is 5.56 Å². The molecule has 0 saturated carbocycles. The van der Waals surface area contributed by atoms with E-state index in [1.54, 1.807) is 11.9 Å². The van der Waals surface area contributed by atoms with Crippen LogP contribution in [0.1, 0.15) is 17.3 Å². The minimum atomic E-state index is 0. The third-order valence-corrected chi connectivity index (χ3v) is 3.37. The summed E-state index contributed by atoms with van der Waals surface area (Å²) < 4.78 is 0.969. The first kappa shape index (κ1) is 15.7. The fourth-order valence-electron chi connectivity index (χ4n) is 1.18. The number of halogens is 2. The molecule has 0 aliphatic heterocycles. The van der Waals surface area contributed by atoms with E-state index in [2.05, 4.69) is 22.6 Å². The van der Waals surface area contributed by atoms with Crippen molar-refractivity contribution in [3.63, 3.8) is 0 Å². The van der Waals surface area contributed by atoms with Gasteiger partial charge >= 0.3 is 0 Å². The van der Waals surface area contributed by atoms with E-state index in [0.717, 1.165) is 9.13 Å². The Morgan fingerprint density at radius 1 is 1.50 bits per heavy atom. The van der Waals surface area contributed by atoms with E-state index in [1.807, 2.05) is 31.2 Å².